The summed E-state index contributed by atoms with van der Waals surface area (Å²) in [5, 5.41) is 8.61. The second-order valence-corrected chi connectivity index (χ2v) is 4.87. The number of hydrogen-bond donors (Lipinski definition) is 1. The largest absolute Gasteiger partial charge is 0.481 e. The van der Waals surface area contributed by atoms with Crippen molar-refractivity contribution in [1.29, 1.82) is 0 Å². The summed E-state index contributed by atoms with van der Waals surface area (Å²) >= 11 is 0. The summed E-state index contributed by atoms with van der Waals surface area (Å²) in [7, 11) is 3.42. The molecule has 1 N–H and O–H groups in total. The lowest BCUT2D eigenvalue weighted by molar-refractivity contribution is -0.144. The van der Waals surface area contributed by atoms with Gasteiger partial charge in [0.25, 0.3) is 0 Å². The van der Waals surface area contributed by atoms with E-state index in [4.69, 9.17) is 5.11 Å². The monoisotopic (exact) mass is 271 g/mol. The molecule has 0 radical (unpaired) electrons. The number of carboxylic acids is 1. The molecule has 2 amide bonds. The molecule has 1 heterocycles. The van der Waals surface area contributed by atoms with Crippen LogP contribution >= 0.6 is 0 Å². The van der Waals surface area contributed by atoms with E-state index in [0.717, 1.165) is 13.0 Å². The van der Waals surface area contributed by atoms with Gasteiger partial charge in [0.2, 0.25) is 11.8 Å². The van der Waals surface area contributed by atoms with Crippen LogP contribution in [0.1, 0.15) is 12.8 Å². The fraction of sp³-hybridized carbons (Fsp3) is 0.750. The van der Waals surface area contributed by atoms with E-state index < -0.39 is 12.4 Å². The van der Waals surface area contributed by atoms with Crippen molar-refractivity contribution >= 4 is 17.8 Å². The smallest absolute Gasteiger partial charge is 0.312 e. The molecule has 0 bridgehead atoms. The highest BCUT2D eigenvalue weighted by Crippen LogP contribution is 2.05. The van der Waals surface area contributed by atoms with E-state index in [1.807, 2.05) is 4.90 Å². The molecule has 0 aromatic rings. The Labute approximate surface area is 112 Å². The molecule has 1 aliphatic heterocycles. The van der Waals surface area contributed by atoms with Crippen molar-refractivity contribution in [3.8, 4) is 0 Å². The number of amides is 2. The third-order valence-corrected chi connectivity index (χ3v) is 3.10. The predicted molar refractivity (Wildman–Crippen MR) is 68.6 cm³/mol. The van der Waals surface area contributed by atoms with Crippen LogP contribution in [0.15, 0.2) is 0 Å². The van der Waals surface area contributed by atoms with E-state index in [1.54, 1.807) is 19.0 Å². The van der Waals surface area contributed by atoms with Crippen LogP contribution in [0.25, 0.3) is 0 Å². The molecule has 0 saturated carbocycles. The topological polar surface area (TPSA) is 81.2 Å². The number of hydrogen-bond acceptors (Lipinski definition) is 4. The molecular formula is C12H21N3O4. The summed E-state index contributed by atoms with van der Waals surface area (Å²) in [5.74, 6) is -1.42. The molecular weight excluding hydrogens is 250 g/mol. The molecule has 0 unspecified atom stereocenters. The highest BCUT2D eigenvalue weighted by atomic mass is 16.4. The van der Waals surface area contributed by atoms with E-state index in [1.165, 1.54) is 4.90 Å². The maximum absolute atomic E-state index is 11.6. The first kappa shape index (κ1) is 15.4. The molecule has 108 valence electrons. The van der Waals surface area contributed by atoms with Gasteiger partial charge in [-0.2, -0.15) is 0 Å². The summed E-state index contributed by atoms with van der Waals surface area (Å²) in [6.07, 6.45) is 0.294. The first-order chi connectivity index (χ1) is 8.90. The summed E-state index contributed by atoms with van der Waals surface area (Å²) in [6.45, 7) is 2.72. The first-order valence-electron chi connectivity index (χ1n) is 6.32. The minimum Gasteiger partial charge on any atom is -0.481 e. The molecule has 0 aromatic carbocycles. The normalized spacial score (nSPS) is 16.8. The molecule has 7 heteroatoms. The van der Waals surface area contributed by atoms with E-state index in [0.29, 0.717) is 26.2 Å². The first-order valence-corrected chi connectivity index (χ1v) is 6.32. The van der Waals surface area contributed by atoms with Gasteiger partial charge in [0.1, 0.15) is 6.42 Å². The Hall–Kier alpha value is -1.63. The van der Waals surface area contributed by atoms with Crippen LogP contribution in [0.3, 0.4) is 0 Å². The zero-order valence-electron chi connectivity index (χ0n) is 11.5. The molecule has 1 saturated heterocycles. The third-order valence-electron chi connectivity index (χ3n) is 3.10. The van der Waals surface area contributed by atoms with Crippen molar-refractivity contribution in [2.45, 2.75) is 12.8 Å². The van der Waals surface area contributed by atoms with E-state index >= 15 is 0 Å². The quantitative estimate of drug-likeness (QED) is 0.669. The van der Waals surface area contributed by atoms with Crippen LogP contribution < -0.4 is 0 Å². The van der Waals surface area contributed by atoms with Gasteiger partial charge in [-0.05, 0) is 6.42 Å². The van der Waals surface area contributed by atoms with Gasteiger partial charge in [-0.25, -0.2) is 0 Å². The number of carbonyl (C=O) groups excluding carboxylic acids is 2. The Bertz CT molecular complexity index is 357. The van der Waals surface area contributed by atoms with Gasteiger partial charge in [-0.1, -0.05) is 0 Å². The van der Waals surface area contributed by atoms with Crippen molar-refractivity contribution < 1.29 is 19.5 Å². The third kappa shape index (κ3) is 5.25. The summed E-state index contributed by atoms with van der Waals surface area (Å²) < 4.78 is 0. The van der Waals surface area contributed by atoms with Crippen LogP contribution in [-0.4, -0.2) is 84.4 Å². The van der Waals surface area contributed by atoms with Crippen LogP contribution in [0.4, 0.5) is 0 Å². The Morgan fingerprint density at radius 1 is 1.11 bits per heavy atom. The van der Waals surface area contributed by atoms with E-state index in [2.05, 4.69) is 0 Å². The van der Waals surface area contributed by atoms with Gasteiger partial charge in [-0.3, -0.25) is 19.3 Å². The second kappa shape index (κ2) is 7.08. The number of nitrogens with zero attached hydrogens (tertiary/aromatic N) is 3. The zero-order valence-corrected chi connectivity index (χ0v) is 11.5. The summed E-state index contributed by atoms with van der Waals surface area (Å²) in [5.41, 5.74) is 0. The number of carbonyl (C=O) groups is 3. The minimum absolute atomic E-state index is 0.0327. The van der Waals surface area contributed by atoms with Crippen molar-refractivity contribution in [2.75, 3.05) is 46.8 Å². The average molecular weight is 271 g/mol. The van der Waals surface area contributed by atoms with Crippen LogP contribution in [0, 0.1) is 0 Å². The van der Waals surface area contributed by atoms with Crippen molar-refractivity contribution in [3.05, 3.63) is 0 Å². The summed E-state index contributed by atoms with van der Waals surface area (Å²) in [4.78, 5) is 38.9. The van der Waals surface area contributed by atoms with Crippen LogP contribution in [0.5, 0.6) is 0 Å². The van der Waals surface area contributed by atoms with Gasteiger partial charge in [0.15, 0.2) is 0 Å². The van der Waals surface area contributed by atoms with Gasteiger partial charge < -0.3 is 14.9 Å². The van der Waals surface area contributed by atoms with Crippen LogP contribution in [0.2, 0.25) is 0 Å². The zero-order chi connectivity index (χ0) is 14.4. The van der Waals surface area contributed by atoms with Crippen molar-refractivity contribution in [2.24, 2.45) is 0 Å². The van der Waals surface area contributed by atoms with Gasteiger partial charge >= 0.3 is 5.97 Å². The fourth-order valence-electron chi connectivity index (χ4n) is 1.95. The summed E-state index contributed by atoms with van der Waals surface area (Å²) in [6, 6.07) is 0. The average Bonchev–Trinajstić information content (AvgIpc) is 2.53. The second-order valence-electron chi connectivity index (χ2n) is 4.87. The molecule has 0 spiro atoms. The Morgan fingerprint density at radius 2 is 1.79 bits per heavy atom. The maximum atomic E-state index is 11.6. The molecule has 1 aliphatic rings. The minimum atomic E-state index is -1.10. The lowest BCUT2D eigenvalue weighted by Crippen LogP contribution is -2.39. The molecule has 0 aromatic heterocycles. The number of aliphatic carboxylic acids is 1. The number of rotatable bonds is 4. The standard InChI is InChI=1S/C12H21N3O4/c1-13(2)11(17)9-14-4-3-5-15(7-6-14)10(16)8-12(18)19/h3-9H2,1-2H3,(H,18,19). The lowest BCUT2D eigenvalue weighted by atomic mass is 10.3. The van der Waals surface area contributed by atoms with Crippen molar-refractivity contribution in [3.63, 3.8) is 0 Å². The van der Waals surface area contributed by atoms with Crippen LogP contribution in [-0.2, 0) is 14.4 Å². The molecule has 0 atom stereocenters. The molecule has 0 aliphatic carbocycles. The highest BCUT2D eigenvalue weighted by molar-refractivity contribution is 5.93. The maximum Gasteiger partial charge on any atom is 0.312 e. The molecule has 1 rings (SSSR count). The number of likely N-dealkylation sites (N-methyl/N-ethyl adjacent to an activating group) is 1. The highest BCUT2D eigenvalue weighted by Gasteiger charge is 2.22. The lowest BCUT2D eigenvalue weighted by Gasteiger charge is -2.22. The SMILES string of the molecule is CN(C)C(=O)CN1CCCN(C(=O)CC(=O)O)CC1. The van der Waals surface area contributed by atoms with E-state index in [-0.39, 0.29) is 11.8 Å². The Morgan fingerprint density at radius 3 is 2.37 bits per heavy atom. The predicted octanol–water partition coefficient (Wildman–Crippen LogP) is -0.916. The van der Waals surface area contributed by atoms with Gasteiger partial charge in [0, 0.05) is 40.3 Å². The van der Waals surface area contributed by atoms with Gasteiger partial charge in [-0.15, -0.1) is 0 Å². The molecule has 1 fully saturated rings. The molecule has 19 heavy (non-hydrogen) atoms. The molecule has 7 nitrogen and oxygen atoms in total. The van der Waals surface area contributed by atoms with Crippen molar-refractivity contribution in [1.82, 2.24) is 14.7 Å². The Balaban J connectivity index is 2.45. The van der Waals surface area contributed by atoms with Gasteiger partial charge in [0.05, 0.1) is 6.54 Å². The fourth-order valence-corrected chi connectivity index (χ4v) is 1.95. The number of carboxylic acid groups (broad SMARTS) is 1. The Kier molecular flexibility index (Phi) is 5.75. The van der Waals surface area contributed by atoms with E-state index in [9.17, 15) is 14.4 Å².